The fourth-order valence-corrected chi connectivity index (χ4v) is 3.77. The van der Waals surface area contributed by atoms with Gasteiger partial charge in [0.25, 0.3) is 5.91 Å². The van der Waals surface area contributed by atoms with Crippen molar-refractivity contribution in [1.29, 1.82) is 0 Å². The standard InChI is InChI=1S/C18H24N4O2/c23-17(20-11-15-5-2-7-19-10-15)16-9-18(24-21-16)6-8-22(13-18)12-14-3-1-4-14/h2,5,7,10,14H,1,3-4,6,8-9,11-13H2,(H,20,23)/t18-/m0/s1. The van der Waals surface area contributed by atoms with Crippen LogP contribution in [0.5, 0.6) is 0 Å². The van der Waals surface area contributed by atoms with Gasteiger partial charge in [-0.3, -0.25) is 14.7 Å². The molecule has 3 aliphatic rings. The predicted molar refractivity (Wildman–Crippen MR) is 90.3 cm³/mol. The number of oxime groups is 1. The molecule has 0 bridgehead atoms. The Balaban J connectivity index is 1.27. The zero-order valence-electron chi connectivity index (χ0n) is 13.9. The third kappa shape index (κ3) is 3.29. The van der Waals surface area contributed by atoms with Crippen LogP contribution in [0.3, 0.4) is 0 Å². The number of pyridine rings is 1. The normalized spacial score (nSPS) is 26.9. The van der Waals surface area contributed by atoms with Crippen molar-refractivity contribution >= 4 is 11.6 Å². The van der Waals surface area contributed by atoms with E-state index in [4.69, 9.17) is 4.84 Å². The molecular formula is C18H24N4O2. The SMILES string of the molecule is O=C(NCc1cccnc1)C1=NO[C@@]2(CCN(CC3CCC3)C2)C1. The van der Waals surface area contributed by atoms with Gasteiger partial charge in [-0.2, -0.15) is 0 Å². The van der Waals surface area contributed by atoms with E-state index in [1.807, 2.05) is 12.1 Å². The van der Waals surface area contributed by atoms with Gasteiger partial charge in [0, 0.05) is 51.4 Å². The van der Waals surface area contributed by atoms with Gasteiger partial charge in [-0.15, -0.1) is 0 Å². The van der Waals surface area contributed by atoms with Gasteiger partial charge >= 0.3 is 0 Å². The van der Waals surface area contributed by atoms with E-state index in [9.17, 15) is 4.79 Å². The molecule has 0 unspecified atom stereocenters. The Morgan fingerprint density at radius 2 is 2.38 bits per heavy atom. The Hall–Kier alpha value is -1.95. The fourth-order valence-electron chi connectivity index (χ4n) is 3.77. The van der Waals surface area contributed by atoms with E-state index in [0.29, 0.717) is 18.7 Å². The maximum atomic E-state index is 12.3. The molecule has 1 spiro atoms. The van der Waals surface area contributed by atoms with Crippen LogP contribution in [0.4, 0.5) is 0 Å². The molecule has 6 nitrogen and oxygen atoms in total. The smallest absolute Gasteiger partial charge is 0.269 e. The molecule has 1 aromatic rings. The average Bonchev–Trinajstić information content (AvgIpc) is 3.17. The minimum absolute atomic E-state index is 0.131. The van der Waals surface area contributed by atoms with E-state index in [1.54, 1.807) is 12.4 Å². The van der Waals surface area contributed by atoms with Crippen molar-refractivity contribution in [3.8, 4) is 0 Å². The van der Waals surface area contributed by atoms with Crippen molar-refractivity contribution in [3.05, 3.63) is 30.1 Å². The quantitative estimate of drug-likeness (QED) is 0.894. The Morgan fingerprint density at radius 1 is 1.46 bits per heavy atom. The van der Waals surface area contributed by atoms with E-state index in [2.05, 4.69) is 20.4 Å². The summed E-state index contributed by atoms with van der Waals surface area (Å²) in [6.45, 7) is 3.59. The first kappa shape index (κ1) is 15.6. The van der Waals surface area contributed by atoms with Gasteiger partial charge in [-0.25, -0.2) is 0 Å². The summed E-state index contributed by atoms with van der Waals surface area (Å²) in [7, 11) is 0. The van der Waals surface area contributed by atoms with E-state index in [0.717, 1.165) is 31.0 Å². The summed E-state index contributed by atoms with van der Waals surface area (Å²) in [6, 6.07) is 3.80. The van der Waals surface area contributed by atoms with Crippen LogP contribution in [-0.4, -0.2) is 46.7 Å². The maximum absolute atomic E-state index is 12.3. The first-order valence-electron chi connectivity index (χ1n) is 8.87. The summed E-state index contributed by atoms with van der Waals surface area (Å²) in [5.74, 6) is 0.734. The highest BCUT2D eigenvalue weighted by Crippen LogP contribution is 2.36. The number of rotatable bonds is 5. The molecule has 1 aliphatic carbocycles. The number of carbonyl (C=O) groups excluding carboxylic acids is 1. The van der Waals surface area contributed by atoms with Crippen molar-refractivity contribution in [1.82, 2.24) is 15.2 Å². The second-order valence-corrected chi connectivity index (χ2v) is 7.32. The molecule has 3 heterocycles. The second-order valence-electron chi connectivity index (χ2n) is 7.32. The Morgan fingerprint density at radius 3 is 3.12 bits per heavy atom. The minimum atomic E-state index is -0.273. The highest BCUT2D eigenvalue weighted by Gasteiger charge is 2.46. The molecule has 1 saturated carbocycles. The third-order valence-corrected chi connectivity index (χ3v) is 5.41. The van der Waals surface area contributed by atoms with Crippen molar-refractivity contribution < 1.29 is 9.63 Å². The monoisotopic (exact) mass is 328 g/mol. The molecule has 2 aliphatic heterocycles. The average molecular weight is 328 g/mol. The number of hydrogen-bond acceptors (Lipinski definition) is 5. The molecule has 1 amide bonds. The third-order valence-electron chi connectivity index (χ3n) is 5.41. The van der Waals surface area contributed by atoms with E-state index in [-0.39, 0.29) is 11.5 Å². The molecule has 1 saturated heterocycles. The fraction of sp³-hybridized carbons (Fsp3) is 0.611. The maximum Gasteiger partial charge on any atom is 0.269 e. The lowest BCUT2D eigenvalue weighted by atomic mass is 9.85. The molecule has 4 rings (SSSR count). The van der Waals surface area contributed by atoms with E-state index in [1.165, 1.54) is 25.8 Å². The Bertz CT molecular complexity index is 629. The molecule has 1 N–H and O–H groups in total. The topological polar surface area (TPSA) is 66.8 Å². The zero-order chi connectivity index (χ0) is 16.4. The van der Waals surface area contributed by atoms with Gasteiger partial charge in [0.2, 0.25) is 0 Å². The molecule has 0 aromatic carbocycles. The molecule has 0 radical (unpaired) electrons. The number of aromatic nitrogens is 1. The molecule has 2 fully saturated rings. The number of carbonyl (C=O) groups is 1. The van der Waals surface area contributed by atoms with Crippen LogP contribution in [0, 0.1) is 5.92 Å². The molecule has 1 atom stereocenters. The number of hydrogen-bond donors (Lipinski definition) is 1. The number of amides is 1. The molecule has 6 heteroatoms. The Labute approximate surface area is 142 Å². The lowest BCUT2D eigenvalue weighted by Gasteiger charge is -2.30. The number of nitrogens with zero attached hydrogens (tertiary/aromatic N) is 3. The van der Waals surface area contributed by atoms with Gasteiger partial charge in [-0.05, 0) is 30.4 Å². The van der Waals surface area contributed by atoms with Crippen molar-refractivity contribution in [3.63, 3.8) is 0 Å². The lowest BCUT2D eigenvalue weighted by Crippen LogP contribution is -2.38. The summed E-state index contributed by atoms with van der Waals surface area (Å²) < 4.78 is 0. The number of likely N-dealkylation sites (tertiary alicyclic amines) is 1. The predicted octanol–water partition coefficient (Wildman–Crippen LogP) is 1.72. The summed E-state index contributed by atoms with van der Waals surface area (Å²) in [6.07, 6.45) is 9.16. The van der Waals surface area contributed by atoms with Crippen LogP contribution in [0.1, 0.15) is 37.7 Å². The first-order valence-corrected chi connectivity index (χ1v) is 8.87. The van der Waals surface area contributed by atoms with E-state index < -0.39 is 0 Å². The summed E-state index contributed by atoms with van der Waals surface area (Å²) in [4.78, 5) is 24.6. The minimum Gasteiger partial charge on any atom is -0.387 e. The molecule has 1 aromatic heterocycles. The van der Waals surface area contributed by atoms with Crippen LogP contribution in [-0.2, 0) is 16.2 Å². The molecule has 128 valence electrons. The Kier molecular flexibility index (Phi) is 4.22. The lowest BCUT2D eigenvalue weighted by molar-refractivity contribution is -0.115. The van der Waals surface area contributed by atoms with Gasteiger partial charge in [0.05, 0.1) is 0 Å². The van der Waals surface area contributed by atoms with Gasteiger partial charge in [0.1, 0.15) is 5.71 Å². The molecular weight excluding hydrogens is 304 g/mol. The van der Waals surface area contributed by atoms with Crippen LogP contribution in [0.15, 0.2) is 29.7 Å². The number of nitrogens with one attached hydrogen (secondary N) is 1. The first-order chi connectivity index (χ1) is 11.7. The highest BCUT2D eigenvalue weighted by atomic mass is 16.7. The second kappa shape index (κ2) is 6.51. The molecule has 24 heavy (non-hydrogen) atoms. The largest absolute Gasteiger partial charge is 0.387 e. The van der Waals surface area contributed by atoms with Gasteiger partial charge in [0.15, 0.2) is 5.60 Å². The van der Waals surface area contributed by atoms with Crippen molar-refractivity contribution in [2.45, 2.75) is 44.2 Å². The van der Waals surface area contributed by atoms with Crippen molar-refractivity contribution in [2.24, 2.45) is 11.1 Å². The van der Waals surface area contributed by atoms with Crippen molar-refractivity contribution in [2.75, 3.05) is 19.6 Å². The summed E-state index contributed by atoms with van der Waals surface area (Å²) in [5, 5.41) is 7.00. The summed E-state index contributed by atoms with van der Waals surface area (Å²) in [5.41, 5.74) is 1.22. The van der Waals surface area contributed by atoms with Crippen LogP contribution in [0.25, 0.3) is 0 Å². The van der Waals surface area contributed by atoms with E-state index >= 15 is 0 Å². The van der Waals surface area contributed by atoms with Gasteiger partial charge in [-0.1, -0.05) is 17.6 Å². The van der Waals surface area contributed by atoms with Gasteiger partial charge < -0.3 is 10.2 Å². The zero-order valence-corrected chi connectivity index (χ0v) is 13.9. The highest BCUT2D eigenvalue weighted by molar-refractivity contribution is 6.39. The van der Waals surface area contributed by atoms with Crippen LogP contribution >= 0.6 is 0 Å². The van der Waals surface area contributed by atoms with Crippen LogP contribution in [0.2, 0.25) is 0 Å². The summed E-state index contributed by atoms with van der Waals surface area (Å²) >= 11 is 0. The van der Waals surface area contributed by atoms with Crippen LogP contribution < -0.4 is 5.32 Å².